The summed E-state index contributed by atoms with van der Waals surface area (Å²) in [5.41, 5.74) is -0.760. The fourth-order valence-electron chi connectivity index (χ4n) is 4.59. The van der Waals surface area contributed by atoms with Crippen molar-refractivity contribution in [3.05, 3.63) is 76.7 Å². The molecule has 1 aliphatic heterocycles. The molecule has 0 fully saturated rings. The zero-order chi connectivity index (χ0) is 29.1. The van der Waals surface area contributed by atoms with Gasteiger partial charge in [-0.2, -0.15) is 0 Å². The standard InChI is InChI=1S/C27H20ClF3N2O6S/c1-26(2,3)17-9-6-13(11-18(17)29)33(40(36)37)19-12-20-24(39-27(30,31)38-20)22(28)21(19)14-7-8-16(25(34)35)23-15(14)5-4-10-32-23/h4-12,40H,1-3H3,(H,34,35). The first-order chi connectivity index (χ1) is 18.7. The first kappa shape index (κ1) is 27.5. The van der Waals surface area contributed by atoms with Crippen LogP contribution in [0.1, 0.15) is 36.7 Å². The van der Waals surface area contributed by atoms with Crippen molar-refractivity contribution in [3.63, 3.8) is 0 Å². The first-order valence-electron chi connectivity index (χ1n) is 11.7. The second-order valence-corrected chi connectivity index (χ2v) is 11.2. The number of halogens is 4. The van der Waals surface area contributed by atoms with Gasteiger partial charge in [-0.05, 0) is 40.8 Å². The van der Waals surface area contributed by atoms with Crippen molar-refractivity contribution in [1.29, 1.82) is 0 Å². The summed E-state index contributed by atoms with van der Waals surface area (Å²) >= 11 is 6.60. The Morgan fingerprint density at radius 1 is 1.10 bits per heavy atom. The molecule has 0 spiro atoms. The highest BCUT2D eigenvalue weighted by Crippen LogP contribution is 2.55. The van der Waals surface area contributed by atoms with Crippen LogP contribution in [0.15, 0.2) is 54.7 Å². The molecule has 0 unspecified atom stereocenters. The minimum atomic E-state index is -4.09. The van der Waals surface area contributed by atoms with Crippen LogP contribution in [-0.4, -0.2) is 30.8 Å². The highest BCUT2D eigenvalue weighted by molar-refractivity contribution is 7.74. The van der Waals surface area contributed by atoms with Gasteiger partial charge < -0.3 is 14.6 Å². The number of ether oxygens (including phenoxy) is 2. The average Bonchev–Trinajstić information content (AvgIpc) is 3.17. The molecule has 0 saturated heterocycles. The molecule has 8 nitrogen and oxygen atoms in total. The summed E-state index contributed by atoms with van der Waals surface area (Å²) in [6.45, 7) is 5.35. The fourth-order valence-corrected chi connectivity index (χ4v) is 5.56. The van der Waals surface area contributed by atoms with E-state index in [4.69, 9.17) is 11.6 Å². The summed E-state index contributed by atoms with van der Waals surface area (Å²) in [4.78, 5) is 16.0. The number of thiol groups is 1. The average molecular weight is 593 g/mol. The number of nitrogens with zero attached hydrogens (tertiary/aromatic N) is 2. The number of pyridine rings is 1. The van der Waals surface area contributed by atoms with Crippen LogP contribution in [0.5, 0.6) is 11.5 Å². The predicted molar refractivity (Wildman–Crippen MR) is 143 cm³/mol. The highest BCUT2D eigenvalue weighted by Gasteiger charge is 2.46. The van der Waals surface area contributed by atoms with Crippen LogP contribution in [0.25, 0.3) is 22.0 Å². The number of aromatic nitrogens is 1. The molecule has 0 bridgehead atoms. The number of aromatic carboxylic acids is 1. The van der Waals surface area contributed by atoms with Gasteiger partial charge in [0.2, 0.25) is 10.9 Å². The molecule has 1 aromatic heterocycles. The lowest BCUT2D eigenvalue weighted by Gasteiger charge is -2.25. The maximum absolute atomic E-state index is 15.2. The van der Waals surface area contributed by atoms with Crippen molar-refractivity contribution in [1.82, 2.24) is 4.98 Å². The normalized spacial score (nSPS) is 14.1. The second kappa shape index (κ2) is 9.56. The zero-order valence-electron chi connectivity index (χ0n) is 21.0. The number of hydrogen-bond acceptors (Lipinski definition) is 6. The number of carboxylic acid groups (broad SMARTS) is 1. The third kappa shape index (κ3) is 4.66. The number of anilines is 2. The van der Waals surface area contributed by atoms with Crippen molar-refractivity contribution in [2.24, 2.45) is 0 Å². The molecule has 3 aromatic carbocycles. The number of rotatable bonds is 5. The van der Waals surface area contributed by atoms with Crippen LogP contribution in [0.4, 0.5) is 24.5 Å². The molecule has 13 heteroatoms. The predicted octanol–water partition coefficient (Wildman–Crippen LogP) is 6.68. The molecule has 0 saturated carbocycles. The van der Waals surface area contributed by atoms with E-state index in [0.717, 1.165) is 12.1 Å². The molecule has 2 heterocycles. The van der Waals surface area contributed by atoms with E-state index in [1.165, 1.54) is 42.6 Å². The maximum atomic E-state index is 15.2. The van der Waals surface area contributed by atoms with Gasteiger partial charge in [0, 0.05) is 23.2 Å². The highest BCUT2D eigenvalue weighted by atomic mass is 35.5. The van der Waals surface area contributed by atoms with Gasteiger partial charge in [-0.3, -0.25) is 4.98 Å². The van der Waals surface area contributed by atoms with E-state index in [2.05, 4.69) is 14.5 Å². The van der Waals surface area contributed by atoms with Crippen LogP contribution < -0.4 is 13.8 Å². The van der Waals surface area contributed by atoms with Gasteiger partial charge >= 0.3 is 12.3 Å². The maximum Gasteiger partial charge on any atom is 0.586 e. The van der Waals surface area contributed by atoms with E-state index in [0.29, 0.717) is 9.87 Å². The topological polar surface area (TPSA) is 106 Å². The molecule has 4 aromatic rings. The number of carbonyl (C=O) groups is 1. The minimum absolute atomic E-state index is 0.0381. The number of benzene rings is 3. The lowest BCUT2D eigenvalue weighted by molar-refractivity contribution is -0.286. The first-order valence-corrected chi connectivity index (χ1v) is 13.2. The van der Waals surface area contributed by atoms with E-state index < -0.39 is 50.9 Å². The Hall–Kier alpha value is -4.03. The fraction of sp³-hybridized carbons (Fsp3) is 0.185. The summed E-state index contributed by atoms with van der Waals surface area (Å²) in [6.07, 6.45) is -2.73. The molecule has 0 radical (unpaired) electrons. The number of alkyl halides is 2. The lowest BCUT2D eigenvalue weighted by Crippen LogP contribution is -2.26. The Morgan fingerprint density at radius 2 is 1.82 bits per heavy atom. The zero-order valence-corrected chi connectivity index (χ0v) is 22.7. The molecule has 208 valence electrons. The van der Waals surface area contributed by atoms with Crippen LogP contribution in [0.3, 0.4) is 0 Å². The molecular weight excluding hydrogens is 573 g/mol. The van der Waals surface area contributed by atoms with Crippen molar-refractivity contribution < 1.29 is 41.0 Å². The third-order valence-electron chi connectivity index (χ3n) is 6.28. The van der Waals surface area contributed by atoms with Crippen LogP contribution in [-0.2, 0) is 16.3 Å². The number of fused-ring (bicyclic) bond motifs is 2. The van der Waals surface area contributed by atoms with Crippen molar-refractivity contribution in [2.75, 3.05) is 4.31 Å². The summed E-state index contributed by atoms with van der Waals surface area (Å²) in [6, 6.07) is 10.4. The summed E-state index contributed by atoms with van der Waals surface area (Å²) in [5, 5.41) is 9.43. The second-order valence-electron chi connectivity index (χ2n) is 9.91. The van der Waals surface area contributed by atoms with Gasteiger partial charge in [0.25, 0.3) is 0 Å². The molecule has 0 aliphatic carbocycles. The Bertz CT molecular complexity index is 1780. The largest absolute Gasteiger partial charge is 0.586 e. The van der Waals surface area contributed by atoms with Crippen molar-refractivity contribution >= 4 is 50.7 Å². The Morgan fingerprint density at radius 3 is 2.45 bits per heavy atom. The summed E-state index contributed by atoms with van der Waals surface area (Å²) in [7, 11) is -3.56. The van der Waals surface area contributed by atoms with Crippen molar-refractivity contribution in [2.45, 2.75) is 32.5 Å². The summed E-state index contributed by atoms with van der Waals surface area (Å²) in [5.74, 6) is -3.06. The number of hydrogen-bond donors (Lipinski definition) is 2. The third-order valence-corrected chi connectivity index (χ3v) is 7.42. The minimum Gasteiger partial charge on any atom is -0.478 e. The smallest absolute Gasteiger partial charge is 0.478 e. The van der Waals surface area contributed by atoms with Crippen LogP contribution in [0, 0.1) is 5.82 Å². The van der Waals surface area contributed by atoms with Gasteiger partial charge in [0.05, 0.1) is 27.5 Å². The number of carboxylic acids is 1. The molecular formula is C27H20ClF3N2O6S. The Labute approximate surface area is 232 Å². The van der Waals surface area contributed by atoms with Gasteiger partial charge in [-0.1, -0.05) is 50.6 Å². The van der Waals surface area contributed by atoms with E-state index >= 15 is 4.39 Å². The Kier molecular flexibility index (Phi) is 6.58. The Balaban J connectivity index is 1.85. The lowest BCUT2D eigenvalue weighted by atomic mass is 9.86. The van der Waals surface area contributed by atoms with Gasteiger partial charge in [-0.15, -0.1) is 8.78 Å². The molecule has 0 amide bonds. The van der Waals surface area contributed by atoms with E-state index in [-0.39, 0.29) is 39.0 Å². The van der Waals surface area contributed by atoms with Crippen LogP contribution in [0.2, 0.25) is 5.02 Å². The monoisotopic (exact) mass is 592 g/mol. The van der Waals surface area contributed by atoms with Crippen molar-refractivity contribution in [3.8, 4) is 22.6 Å². The van der Waals surface area contributed by atoms with Gasteiger partial charge in [0.1, 0.15) is 5.82 Å². The van der Waals surface area contributed by atoms with E-state index in [1.54, 1.807) is 20.8 Å². The van der Waals surface area contributed by atoms with Gasteiger partial charge in [-0.25, -0.2) is 21.9 Å². The summed E-state index contributed by atoms with van der Waals surface area (Å²) < 4.78 is 78.7. The molecule has 40 heavy (non-hydrogen) atoms. The SMILES string of the molecule is CC(C)(C)c1ccc(N(c2cc3c(c(Cl)c2-c2ccc(C(=O)O)c4ncccc24)OC(F)(F)O3)[SH](=O)=O)cc1F. The van der Waals surface area contributed by atoms with E-state index in [1.807, 2.05) is 0 Å². The van der Waals surface area contributed by atoms with E-state index in [9.17, 15) is 27.1 Å². The molecule has 1 N–H and O–H groups in total. The molecule has 0 atom stereocenters. The van der Waals surface area contributed by atoms with Gasteiger partial charge in [0.15, 0.2) is 11.5 Å². The molecule has 5 rings (SSSR count). The molecule has 1 aliphatic rings. The quantitative estimate of drug-likeness (QED) is 0.249. The van der Waals surface area contributed by atoms with Crippen LogP contribution >= 0.6 is 11.6 Å².